The van der Waals surface area contributed by atoms with Crippen molar-refractivity contribution in [2.24, 2.45) is 0 Å². The van der Waals surface area contributed by atoms with Crippen LogP contribution in [-0.2, 0) is 0 Å². The molecule has 1 N–H and O–H groups in total. The van der Waals surface area contributed by atoms with E-state index in [1.165, 1.54) is 11.3 Å². The smallest absolute Gasteiger partial charge is 0.267 e. The zero-order valence-electron chi connectivity index (χ0n) is 13.2. The normalized spacial score (nSPS) is 10.8. The largest absolute Gasteiger partial charge is 0.318 e. The Morgan fingerprint density at radius 2 is 2.16 bits per heavy atom. The Balaban J connectivity index is 1.64. The molecule has 4 aromatic heterocycles. The van der Waals surface area contributed by atoms with E-state index in [-0.39, 0.29) is 5.91 Å². The van der Waals surface area contributed by atoms with Crippen LogP contribution >= 0.6 is 22.7 Å². The highest BCUT2D eigenvalue weighted by Gasteiger charge is 2.18. The third-order valence-corrected chi connectivity index (χ3v) is 5.42. The van der Waals surface area contributed by atoms with Crippen molar-refractivity contribution in [2.75, 3.05) is 5.32 Å². The molecule has 0 aromatic carbocycles. The van der Waals surface area contributed by atoms with Crippen molar-refractivity contribution in [1.29, 1.82) is 0 Å². The molecule has 4 aromatic rings. The lowest BCUT2D eigenvalue weighted by Gasteiger charge is -2.09. The molecule has 25 heavy (non-hydrogen) atoms. The summed E-state index contributed by atoms with van der Waals surface area (Å²) in [6.07, 6.45) is 5.12. The van der Waals surface area contributed by atoms with E-state index in [0.717, 1.165) is 10.6 Å². The average Bonchev–Trinajstić information content (AvgIpc) is 3.37. The number of anilines is 1. The molecule has 0 unspecified atom stereocenters. The minimum Gasteiger partial charge on any atom is -0.318 e. The van der Waals surface area contributed by atoms with Crippen molar-refractivity contribution >= 4 is 34.3 Å². The number of pyridine rings is 1. The summed E-state index contributed by atoms with van der Waals surface area (Å²) in [5, 5.41) is 12.0. The molecule has 0 spiro atoms. The van der Waals surface area contributed by atoms with Gasteiger partial charge in [0.2, 0.25) is 0 Å². The molecule has 0 aliphatic carbocycles. The highest BCUT2D eigenvalue weighted by atomic mass is 32.1. The lowest BCUT2D eigenvalue weighted by atomic mass is 10.3. The number of thiophene rings is 1. The summed E-state index contributed by atoms with van der Waals surface area (Å²) in [4.78, 5) is 22.2. The van der Waals surface area contributed by atoms with Crippen LogP contribution in [0, 0.1) is 6.92 Å². The number of amides is 1. The van der Waals surface area contributed by atoms with Gasteiger partial charge in [0.15, 0.2) is 5.82 Å². The van der Waals surface area contributed by atoms with Crippen LogP contribution in [0.5, 0.6) is 0 Å². The number of carbonyl (C=O) groups excluding carboxylic acids is 1. The first-order chi connectivity index (χ1) is 12.2. The van der Waals surface area contributed by atoms with Gasteiger partial charge in [-0.25, -0.2) is 14.6 Å². The van der Waals surface area contributed by atoms with Gasteiger partial charge in [-0.3, -0.25) is 4.79 Å². The molecule has 0 atom stereocenters. The van der Waals surface area contributed by atoms with Crippen LogP contribution in [0.25, 0.3) is 16.4 Å². The van der Waals surface area contributed by atoms with Gasteiger partial charge in [-0.1, -0.05) is 0 Å². The summed E-state index contributed by atoms with van der Waals surface area (Å²) in [6.45, 7) is 1.85. The molecule has 6 nitrogen and oxygen atoms in total. The highest BCUT2D eigenvalue weighted by molar-refractivity contribution is 7.17. The average molecular weight is 367 g/mol. The molecule has 0 radical (unpaired) electrons. The Morgan fingerprint density at radius 3 is 2.92 bits per heavy atom. The van der Waals surface area contributed by atoms with Crippen LogP contribution in [0.2, 0.25) is 0 Å². The minimum atomic E-state index is -0.196. The third kappa shape index (κ3) is 3.09. The van der Waals surface area contributed by atoms with Crippen molar-refractivity contribution in [1.82, 2.24) is 19.7 Å². The number of aryl methyl sites for hydroxylation is 1. The van der Waals surface area contributed by atoms with Crippen molar-refractivity contribution in [3.8, 4) is 16.4 Å². The van der Waals surface area contributed by atoms with Crippen LogP contribution in [-0.4, -0.2) is 25.7 Å². The Bertz CT molecular complexity index is 1010. The molecular formula is C17H13N5OS2. The zero-order chi connectivity index (χ0) is 17.2. The number of nitrogens with one attached hydrogen (secondary N) is 1. The zero-order valence-corrected chi connectivity index (χ0v) is 14.8. The summed E-state index contributed by atoms with van der Waals surface area (Å²) in [5.41, 5.74) is 2.35. The molecule has 1 amide bonds. The van der Waals surface area contributed by atoms with Gasteiger partial charge in [0, 0.05) is 29.5 Å². The first kappa shape index (κ1) is 15.7. The van der Waals surface area contributed by atoms with Crippen LogP contribution in [0.15, 0.2) is 53.6 Å². The summed E-state index contributed by atoms with van der Waals surface area (Å²) in [5.74, 6) is 0.374. The maximum Gasteiger partial charge on any atom is 0.267 e. The number of hydrogen-bond donors (Lipinski definition) is 1. The number of hydrogen-bond acceptors (Lipinski definition) is 6. The predicted molar refractivity (Wildman–Crippen MR) is 99.5 cm³/mol. The molecule has 0 aliphatic rings. The standard InChI is InChI=1S/C17H13N5OS2/c1-11-14(25-17(20-11)12-5-9-24-10-12)16(23)21-13-4-2-6-18-15(13)22-8-3-7-19-22/h2-10H,1H3,(H,21,23). The maximum absolute atomic E-state index is 12.7. The Kier molecular flexibility index (Phi) is 4.12. The minimum absolute atomic E-state index is 0.196. The third-order valence-electron chi connectivity index (χ3n) is 3.53. The lowest BCUT2D eigenvalue weighted by Crippen LogP contribution is -2.14. The molecule has 4 rings (SSSR count). The highest BCUT2D eigenvalue weighted by Crippen LogP contribution is 2.30. The van der Waals surface area contributed by atoms with Gasteiger partial charge < -0.3 is 5.32 Å². The number of aromatic nitrogens is 4. The maximum atomic E-state index is 12.7. The summed E-state index contributed by atoms with van der Waals surface area (Å²) in [6, 6.07) is 7.39. The fourth-order valence-electron chi connectivity index (χ4n) is 2.37. The summed E-state index contributed by atoms with van der Waals surface area (Å²) in [7, 11) is 0. The van der Waals surface area contributed by atoms with E-state index in [1.54, 1.807) is 52.8 Å². The van der Waals surface area contributed by atoms with Crippen LogP contribution in [0.3, 0.4) is 0 Å². The lowest BCUT2D eigenvalue weighted by molar-refractivity contribution is 0.102. The van der Waals surface area contributed by atoms with Crippen LogP contribution < -0.4 is 5.32 Å². The summed E-state index contributed by atoms with van der Waals surface area (Å²) < 4.78 is 1.62. The second-order valence-electron chi connectivity index (χ2n) is 5.22. The monoisotopic (exact) mass is 367 g/mol. The number of nitrogens with zero attached hydrogens (tertiary/aromatic N) is 4. The van der Waals surface area contributed by atoms with Crippen molar-refractivity contribution in [3.05, 3.63) is 64.2 Å². The number of carbonyl (C=O) groups is 1. The molecule has 124 valence electrons. The number of thiazole rings is 1. The van der Waals surface area contributed by atoms with Gasteiger partial charge >= 0.3 is 0 Å². The summed E-state index contributed by atoms with van der Waals surface area (Å²) >= 11 is 3.00. The van der Waals surface area contributed by atoms with Crippen LogP contribution in [0.1, 0.15) is 15.4 Å². The van der Waals surface area contributed by atoms with Gasteiger partial charge in [-0.15, -0.1) is 11.3 Å². The number of rotatable bonds is 4. The van der Waals surface area contributed by atoms with E-state index < -0.39 is 0 Å². The first-order valence-electron chi connectivity index (χ1n) is 7.49. The van der Waals surface area contributed by atoms with Gasteiger partial charge in [0.25, 0.3) is 5.91 Å². The second-order valence-corrected chi connectivity index (χ2v) is 7.00. The van der Waals surface area contributed by atoms with Crippen LogP contribution in [0.4, 0.5) is 5.69 Å². The Hall–Kier alpha value is -2.84. The fraction of sp³-hybridized carbons (Fsp3) is 0.0588. The van der Waals surface area contributed by atoms with E-state index >= 15 is 0 Å². The quantitative estimate of drug-likeness (QED) is 0.591. The van der Waals surface area contributed by atoms with E-state index in [9.17, 15) is 4.79 Å². The van der Waals surface area contributed by atoms with E-state index in [2.05, 4.69) is 20.4 Å². The van der Waals surface area contributed by atoms with E-state index in [1.807, 2.05) is 23.8 Å². The predicted octanol–water partition coefficient (Wildman–Crippen LogP) is 4.01. The SMILES string of the molecule is Cc1nc(-c2ccsc2)sc1C(=O)Nc1cccnc1-n1cccn1. The van der Waals surface area contributed by atoms with E-state index in [4.69, 9.17) is 0 Å². The molecule has 0 bridgehead atoms. The Labute approximate surface area is 151 Å². The molecule has 4 heterocycles. The van der Waals surface area contributed by atoms with E-state index in [0.29, 0.717) is 22.1 Å². The van der Waals surface area contributed by atoms with Gasteiger partial charge in [0.05, 0.1) is 11.4 Å². The molecule has 8 heteroatoms. The van der Waals surface area contributed by atoms with Crippen molar-refractivity contribution in [3.63, 3.8) is 0 Å². The second kappa shape index (κ2) is 6.58. The van der Waals surface area contributed by atoms with Crippen molar-refractivity contribution in [2.45, 2.75) is 6.92 Å². The molecule has 0 fully saturated rings. The first-order valence-corrected chi connectivity index (χ1v) is 9.24. The fourth-order valence-corrected chi connectivity index (χ4v) is 4.04. The molecule has 0 saturated heterocycles. The Morgan fingerprint density at radius 1 is 1.24 bits per heavy atom. The van der Waals surface area contributed by atoms with Gasteiger partial charge in [0.1, 0.15) is 9.88 Å². The molecule has 0 saturated carbocycles. The molecule has 0 aliphatic heterocycles. The molecular weight excluding hydrogens is 354 g/mol. The van der Waals surface area contributed by atoms with Crippen molar-refractivity contribution < 1.29 is 4.79 Å². The topological polar surface area (TPSA) is 72.7 Å². The van der Waals surface area contributed by atoms with Gasteiger partial charge in [-0.2, -0.15) is 16.4 Å². The van der Waals surface area contributed by atoms with Gasteiger partial charge in [-0.05, 0) is 36.6 Å².